The van der Waals surface area contributed by atoms with E-state index in [-0.39, 0.29) is 5.82 Å². The molecular weight excluding hydrogens is 287 g/mol. The van der Waals surface area contributed by atoms with Crippen LogP contribution < -0.4 is 4.74 Å². The molecule has 2 aromatic rings. The number of benzene rings is 2. The number of esters is 1. The first-order valence-corrected chi connectivity index (χ1v) is 6.65. The molecule has 0 aromatic heterocycles. The van der Waals surface area contributed by atoms with Gasteiger partial charge in [0.2, 0.25) is 0 Å². The minimum atomic E-state index is -0.414. The van der Waals surface area contributed by atoms with Crippen LogP contribution in [0.3, 0.4) is 0 Å². The Labute approximate surface area is 119 Å². The molecule has 0 bridgehead atoms. The van der Waals surface area contributed by atoms with Crippen LogP contribution in [0.5, 0.6) is 5.75 Å². The van der Waals surface area contributed by atoms with Gasteiger partial charge >= 0.3 is 5.97 Å². The van der Waals surface area contributed by atoms with Gasteiger partial charge in [-0.15, -0.1) is 0 Å². The predicted molar refractivity (Wildman–Crippen MR) is 73.3 cm³/mol. The van der Waals surface area contributed by atoms with E-state index >= 15 is 0 Å². The van der Waals surface area contributed by atoms with Crippen LogP contribution >= 0.6 is 23.4 Å². The SMILES string of the molecule is CC(=O)Oc1cc(Cl)ccc1Sc1ccc(F)cc1. The molecule has 0 heterocycles. The van der Waals surface area contributed by atoms with Crippen molar-refractivity contribution in [3.8, 4) is 5.75 Å². The number of hydrogen-bond donors (Lipinski definition) is 0. The Hall–Kier alpha value is -1.52. The molecule has 2 rings (SSSR count). The normalized spacial score (nSPS) is 10.3. The van der Waals surface area contributed by atoms with Crippen molar-refractivity contribution >= 4 is 29.3 Å². The van der Waals surface area contributed by atoms with Crippen LogP contribution in [0.1, 0.15) is 6.92 Å². The number of carbonyl (C=O) groups is 1. The summed E-state index contributed by atoms with van der Waals surface area (Å²) in [5, 5.41) is 0.486. The third kappa shape index (κ3) is 3.98. The molecule has 0 aliphatic carbocycles. The van der Waals surface area contributed by atoms with Crippen molar-refractivity contribution < 1.29 is 13.9 Å². The van der Waals surface area contributed by atoms with Gasteiger partial charge in [-0.25, -0.2) is 4.39 Å². The summed E-state index contributed by atoms with van der Waals surface area (Å²) in [6, 6.07) is 11.1. The van der Waals surface area contributed by atoms with E-state index in [1.807, 2.05) is 0 Å². The van der Waals surface area contributed by atoms with Crippen LogP contribution in [0.15, 0.2) is 52.3 Å². The summed E-state index contributed by atoms with van der Waals surface area (Å²) in [7, 11) is 0. The van der Waals surface area contributed by atoms with Crippen LogP contribution in [0.25, 0.3) is 0 Å². The topological polar surface area (TPSA) is 26.3 Å². The highest BCUT2D eigenvalue weighted by atomic mass is 35.5. The fraction of sp³-hybridized carbons (Fsp3) is 0.0714. The zero-order valence-electron chi connectivity index (χ0n) is 10.0. The molecule has 0 atom stereocenters. The van der Waals surface area contributed by atoms with Gasteiger partial charge in [0.25, 0.3) is 0 Å². The van der Waals surface area contributed by atoms with E-state index in [9.17, 15) is 9.18 Å². The first-order chi connectivity index (χ1) is 9.04. The monoisotopic (exact) mass is 296 g/mol. The van der Waals surface area contributed by atoms with Crippen LogP contribution in [-0.2, 0) is 4.79 Å². The fourth-order valence-electron chi connectivity index (χ4n) is 1.43. The molecule has 0 radical (unpaired) electrons. The van der Waals surface area contributed by atoms with Crippen LogP contribution in [0.2, 0.25) is 5.02 Å². The van der Waals surface area contributed by atoms with Crippen molar-refractivity contribution in [3.63, 3.8) is 0 Å². The van der Waals surface area contributed by atoms with Gasteiger partial charge in [0.1, 0.15) is 11.6 Å². The lowest BCUT2D eigenvalue weighted by molar-refractivity contribution is -0.132. The zero-order valence-corrected chi connectivity index (χ0v) is 11.6. The lowest BCUT2D eigenvalue weighted by Gasteiger charge is -2.09. The Bertz CT molecular complexity index is 599. The van der Waals surface area contributed by atoms with Crippen molar-refractivity contribution in [2.24, 2.45) is 0 Å². The smallest absolute Gasteiger partial charge is 0.308 e. The highest BCUT2D eigenvalue weighted by Crippen LogP contribution is 2.36. The highest BCUT2D eigenvalue weighted by Gasteiger charge is 2.09. The summed E-state index contributed by atoms with van der Waals surface area (Å²) in [6.07, 6.45) is 0. The van der Waals surface area contributed by atoms with Gasteiger partial charge in [-0.05, 0) is 36.4 Å². The summed E-state index contributed by atoms with van der Waals surface area (Å²) in [6.45, 7) is 1.33. The number of ether oxygens (including phenoxy) is 1. The van der Waals surface area contributed by atoms with E-state index in [0.29, 0.717) is 10.8 Å². The quantitative estimate of drug-likeness (QED) is 0.614. The van der Waals surface area contributed by atoms with Gasteiger partial charge in [-0.3, -0.25) is 4.79 Å². The van der Waals surface area contributed by atoms with E-state index in [2.05, 4.69) is 0 Å². The van der Waals surface area contributed by atoms with E-state index < -0.39 is 5.97 Å². The Balaban J connectivity index is 2.28. The maximum atomic E-state index is 12.8. The average molecular weight is 297 g/mol. The number of halogens is 2. The van der Waals surface area contributed by atoms with E-state index in [0.717, 1.165) is 9.79 Å². The summed E-state index contributed by atoms with van der Waals surface area (Å²) in [5.74, 6) is -0.307. The molecule has 19 heavy (non-hydrogen) atoms. The Morgan fingerprint density at radius 2 is 1.89 bits per heavy atom. The molecule has 0 unspecified atom stereocenters. The second-order valence-electron chi connectivity index (χ2n) is 3.74. The highest BCUT2D eigenvalue weighted by molar-refractivity contribution is 7.99. The molecular formula is C14H10ClFO2S. The van der Waals surface area contributed by atoms with Gasteiger partial charge < -0.3 is 4.74 Å². The summed E-state index contributed by atoms with van der Waals surface area (Å²) in [4.78, 5) is 12.6. The second kappa shape index (κ2) is 6.08. The summed E-state index contributed by atoms with van der Waals surface area (Å²) < 4.78 is 17.9. The molecule has 0 aliphatic heterocycles. The predicted octanol–water partition coefficient (Wildman–Crippen LogP) is 4.56. The van der Waals surface area contributed by atoms with Crippen molar-refractivity contribution in [1.82, 2.24) is 0 Å². The average Bonchev–Trinajstić information content (AvgIpc) is 2.34. The molecule has 0 spiro atoms. The van der Waals surface area contributed by atoms with Crippen LogP contribution in [-0.4, -0.2) is 5.97 Å². The third-order valence-electron chi connectivity index (χ3n) is 2.20. The lowest BCUT2D eigenvalue weighted by atomic mass is 10.3. The molecule has 0 amide bonds. The molecule has 0 saturated carbocycles. The van der Waals surface area contributed by atoms with E-state index in [1.54, 1.807) is 30.3 Å². The maximum absolute atomic E-state index is 12.8. The molecule has 0 N–H and O–H groups in total. The molecule has 2 nitrogen and oxygen atoms in total. The van der Waals surface area contributed by atoms with E-state index in [1.165, 1.54) is 30.8 Å². The van der Waals surface area contributed by atoms with Crippen molar-refractivity contribution in [1.29, 1.82) is 0 Å². The standard InChI is InChI=1S/C14H10ClFO2S/c1-9(17)18-13-8-10(15)2-7-14(13)19-12-5-3-11(16)4-6-12/h2-8H,1H3. The number of carbonyl (C=O) groups excluding carboxylic acids is 1. The van der Waals surface area contributed by atoms with Crippen molar-refractivity contribution in [2.45, 2.75) is 16.7 Å². The van der Waals surface area contributed by atoms with Crippen LogP contribution in [0.4, 0.5) is 4.39 Å². The van der Waals surface area contributed by atoms with Gasteiger partial charge in [-0.2, -0.15) is 0 Å². The zero-order chi connectivity index (χ0) is 13.8. The molecule has 5 heteroatoms. The summed E-state index contributed by atoms with van der Waals surface area (Å²) >= 11 is 7.24. The molecule has 98 valence electrons. The van der Waals surface area contributed by atoms with Crippen molar-refractivity contribution in [2.75, 3.05) is 0 Å². The number of hydrogen-bond acceptors (Lipinski definition) is 3. The second-order valence-corrected chi connectivity index (χ2v) is 5.29. The minimum absolute atomic E-state index is 0.291. The molecule has 0 fully saturated rings. The minimum Gasteiger partial charge on any atom is -0.425 e. The maximum Gasteiger partial charge on any atom is 0.308 e. The van der Waals surface area contributed by atoms with Gasteiger partial charge in [0.05, 0.1) is 4.90 Å². The Morgan fingerprint density at radius 1 is 1.21 bits per heavy atom. The fourth-order valence-corrected chi connectivity index (χ4v) is 2.46. The molecule has 2 aromatic carbocycles. The first-order valence-electron chi connectivity index (χ1n) is 5.46. The van der Waals surface area contributed by atoms with Gasteiger partial charge in [0.15, 0.2) is 0 Å². The Morgan fingerprint density at radius 3 is 2.53 bits per heavy atom. The van der Waals surface area contributed by atoms with E-state index in [4.69, 9.17) is 16.3 Å². The molecule has 0 saturated heterocycles. The first kappa shape index (κ1) is 13.9. The third-order valence-corrected chi connectivity index (χ3v) is 3.50. The van der Waals surface area contributed by atoms with Crippen LogP contribution in [0, 0.1) is 5.82 Å². The lowest BCUT2D eigenvalue weighted by Crippen LogP contribution is -2.02. The van der Waals surface area contributed by atoms with Gasteiger partial charge in [-0.1, -0.05) is 23.4 Å². The largest absolute Gasteiger partial charge is 0.425 e. The van der Waals surface area contributed by atoms with Gasteiger partial charge in [0, 0.05) is 22.9 Å². The Kier molecular flexibility index (Phi) is 4.45. The molecule has 0 aliphatic rings. The van der Waals surface area contributed by atoms with Crippen molar-refractivity contribution in [3.05, 3.63) is 53.3 Å². The number of rotatable bonds is 3. The summed E-state index contributed by atoms with van der Waals surface area (Å²) in [5.41, 5.74) is 0.